The molecule has 2 heterocycles. The van der Waals surface area contributed by atoms with Gasteiger partial charge in [-0.1, -0.05) is 24.3 Å². The molecule has 4 rings (SSSR count). The number of hydrogen-bond acceptors (Lipinski definition) is 9. The van der Waals surface area contributed by atoms with Gasteiger partial charge in [-0.25, -0.2) is 16.8 Å². The summed E-state index contributed by atoms with van der Waals surface area (Å²) in [5, 5.41) is 21.5. The van der Waals surface area contributed by atoms with Crippen LogP contribution in [0.25, 0.3) is 0 Å². The minimum Gasteiger partial charge on any atom is -0.392 e. The van der Waals surface area contributed by atoms with Crippen molar-refractivity contribution >= 4 is 42.3 Å². The number of nitrogens with zero attached hydrogens (tertiary/aromatic N) is 1. The maximum atomic E-state index is 12.3. The van der Waals surface area contributed by atoms with Crippen LogP contribution in [0.4, 0.5) is 0 Å². The molecule has 10 nitrogen and oxygen atoms in total. The number of aliphatic hydroxyl groups excluding tert-OH is 2. The molecule has 0 saturated carbocycles. The fourth-order valence-electron chi connectivity index (χ4n) is 3.55. The van der Waals surface area contributed by atoms with E-state index in [2.05, 4.69) is 5.32 Å². The Balaban J connectivity index is 0.000000217. The third-order valence-corrected chi connectivity index (χ3v) is 8.83. The number of halogens is 1. The molecule has 2 saturated heterocycles. The van der Waals surface area contributed by atoms with Crippen molar-refractivity contribution in [2.75, 3.05) is 26.2 Å². The molecule has 13 heteroatoms. The van der Waals surface area contributed by atoms with Gasteiger partial charge >= 0.3 is 0 Å². The molecule has 2 atom stereocenters. The molecule has 2 aliphatic rings. The number of β-amino-alcohol motifs (C(OH)–C–C–N with tert-alkyl or cyclic N) is 2. The molecule has 2 unspecified atom stereocenters. The summed E-state index contributed by atoms with van der Waals surface area (Å²) in [4.78, 5) is 20.9. The van der Waals surface area contributed by atoms with Crippen LogP contribution in [0, 0.1) is 0 Å². The van der Waals surface area contributed by atoms with Gasteiger partial charge in [0.1, 0.15) is 12.6 Å². The Hall–Kier alpha value is -2.19. The molecular formula is C24H31ClN2O8S2. The SMILES string of the molecule is O=Cc1ccc(S(=O)(=O)Cl)cc1.O=Cc1ccc(S(=O)(=O)N2CCCC(O)C2)cc1.OC1CCCNC1. The summed E-state index contributed by atoms with van der Waals surface area (Å²) in [5.41, 5.74) is 0.853. The molecule has 0 spiro atoms. The minimum atomic E-state index is -3.67. The van der Waals surface area contributed by atoms with Crippen LogP contribution >= 0.6 is 10.7 Å². The third kappa shape index (κ3) is 10.2. The highest BCUT2D eigenvalue weighted by Crippen LogP contribution is 2.21. The van der Waals surface area contributed by atoms with E-state index >= 15 is 0 Å². The van der Waals surface area contributed by atoms with E-state index in [9.17, 15) is 31.5 Å². The predicted molar refractivity (Wildman–Crippen MR) is 139 cm³/mol. The van der Waals surface area contributed by atoms with E-state index in [4.69, 9.17) is 15.8 Å². The number of benzene rings is 2. The number of carbonyl (C=O) groups excluding carboxylic acids is 2. The lowest BCUT2D eigenvalue weighted by Crippen LogP contribution is -2.42. The Morgan fingerprint density at radius 1 is 0.811 bits per heavy atom. The van der Waals surface area contributed by atoms with Gasteiger partial charge in [-0.2, -0.15) is 4.31 Å². The molecular weight excluding hydrogens is 544 g/mol. The van der Waals surface area contributed by atoms with Crippen molar-refractivity contribution in [1.29, 1.82) is 0 Å². The summed E-state index contributed by atoms with van der Waals surface area (Å²) in [7, 11) is -2.20. The maximum Gasteiger partial charge on any atom is 0.261 e. The van der Waals surface area contributed by atoms with Crippen molar-refractivity contribution in [1.82, 2.24) is 9.62 Å². The number of sulfonamides is 1. The lowest BCUT2D eigenvalue weighted by molar-refractivity contribution is 0.108. The van der Waals surface area contributed by atoms with E-state index in [0.717, 1.165) is 25.9 Å². The van der Waals surface area contributed by atoms with Gasteiger partial charge in [0.25, 0.3) is 9.05 Å². The van der Waals surface area contributed by atoms with Crippen molar-refractivity contribution in [3.63, 3.8) is 0 Å². The zero-order valence-corrected chi connectivity index (χ0v) is 22.5. The number of carbonyl (C=O) groups is 2. The highest BCUT2D eigenvalue weighted by Gasteiger charge is 2.29. The second kappa shape index (κ2) is 14.7. The maximum absolute atomic E-state index is 12.3. The summed E-state index contributed by atoms with van der Waals surface area (Å²) in [6.07, 6.45) is 4.03. The molecule has 0 radical (unpaired) electrons. The zero-order chi connectivity index (χ0) is 27.5. The quantitative estimate of drug-likeness (QED) is 0.357. The zero-order valence-electron chi connectivity index (χ0n) is 20.1. The lowest BCUT2D eigenvalue weighted by atomic mass is 10.1. The highest BCUT2D eigenvalue weighted by atomic mass is 35.7. The monoisotopic (exact) mass is 574 g/mol. The van der Waals surface area contributed by atoms with E-state index in [1.807, 2.05) is 0 Å². The molecule has 2 fully saturated rings. The van der Waals surface area contributed by atoms with E-state index in [-0.39, 0.29) is 22.4 Å². The molecule has 2 aromatic carbocycles. The number of piperidine rings is 2. The number of aliphatic hydroxyl groups is 2. The van der Waals surface area contributed by atoms with Crippen LogP contribution in [0.3, 0.4) is 0 Å². The first-order valence-corrected chi connectivity index (χ1v) is 15.3. The number of nitrogens with one attached hydrogen (secondary N) is 1. The van der Waals surface area contributed by atoms with Crippen molar-refractivity contribution in [2.45, 2.75) is 47.7 Å². The van der Waals surface area contributed by atoms with Gasteiger partial charge in [-0.15, -0.1) is 0 Å². The molecule has 204 valence electrons. The van der Waals surface area contributed by atoms with E-state index in [1.165, 1.54) is 52.8 Å². The summed E-state index contributed by atoms with van der Waals surface area (Å²) in [5.74, 6) is 0. The number of aldehydes is 2. The third-order valence-electron chi connectivity index (χ3n) is 5.58. The van der Waals surface area contributed by atoms with Crippen LogP contribution in [0.1, 0.15) is 46.4 Å². The van der Waals surface area contributed by atoms with Crippen LogP contribution in [-0.4, -0.2) is 82.3 Å². The van der Waals surface area contributed by atoms with Crippen LogP contribution in [-0.2, 0) is 19.1 Å². The molecule has 0 aromatic heterocycles. The molecule has 0 amide bonds. The first-order valence-electron chi connectivity index (χ1n) is 11.6. The average Bonchev–Trinajstić information content (AvgIpc) is 2.89. The standard InChI is InChI=1S/C12H15NO4S.C7H5ClO3S.C5H11NO/c14-9-10-3-5-12(6-4-10)18(16,17)13-7-1-2-11(15)8-13;8-12(10,11)7-3-1-6(5-9)2-4-7;7-5-2-1-3-6-4-5/h3-6,9,11,15H,1-2,7-8H2;1-5H;5-7H,1-4H2. The van der Waals surface area contributed by atoms with Gasteiger partial charge < -0.3 is 15.5 Å². The van der Waals surface area contributed by atoms with E-state index < -0.39 is 25.2 Å². The van der Waals surface area contributed by atoms with Gasteiger partial charge in [-0.05, 0) is 56.5 Å². The Labute approximate surface area is 221 Å². The second-order valence-corrected chi connectivity index (χ2v) is 13.0. The minimum absolute atomic E-state index is 0.00485. The summed E-state index contributed by atoms with van der Waals surface area (Å²) < 4.78 is 47.2. The first-order chi connectivity index (χ1) is 17.5. The van der Waals surface area contributed by atoms with Crippen molar-refractivity contribution in [3.8, 4) is 0 Å². The summed E-state index contributed by atoms with van der Waals surface area (Å²) in [6, 6.07) is 11.1. The Morgan fingerprint density at radius 2 is 1.32 bits per heavy atom. The average molecular weight is 575 g/mol. The summed E-state index contributed by atoms with van der Waals surface area (Å²) in [6.45, 7) is 2.43. The topological polar surface area (TPSA) is 158 Å². The molecule has 37 heavy (non-hydrogen) atoms. The fourth-order valence-corrected chi connectivity index (χ4v) is 5.83. The van der Waals surface area contributed by atoms with E-state index in [1.54, 1.807) is 0 Å². The number of rotatable bonds is 5. The van der Waals surface area contributed by atoms with Gasteiger partial charge in [-0.3, -0.25) is 9.59 Å². The predicted octanol–water partition coefficient (Wildman–Crippen LogP) is 1.80. The molecule has 2 aliphatic heterocycles. The Kier molecular flexibility index (Phi) is 12.3. The van der Waals surface area contributed by atoms with Crippen LogP contribution in [0.2, 0.25) is 0 Å². The smallest absolute Gasteiger partial charge is 0.261 e. The van der Waals surface area contributed by atoms with Crippen molar-refractivity contribution in [3.05, 3.63) is 59.7 Å². The highest BCUT2D eigenvalue weighted by molar-refractivity contribution is 8.13. The van der Waals surface area contributed by atoms with Gasteiger partial charge in [0.2, 0.25) is 10.0 Å². The van der Waals surface area contributed by atoms with Gasteiger partial charge in [0.15, 0.2) is 0 Å². The van der Waals surface area contributed by atoms with Crippen LogP contribution < -0.4 is 5.32 Å². The lowest BCUT2D eigenvalue weighted by Gasteiger charge is -2.29. The largest absolute Gasteiger partial charge is 0.392 e. The Morgan fingerprint density at radius 3 is 1.70 bits per heavy atom. The van der Waals surface area contributed by atoms with Gasteiger partial charge in [0.05, 0.1) is 22.0 Å². The van der Waals surface area contributed by atoms with Gasteiger partial charge in [0, 0.05) is 41.4 Å². The normalized spacial score (nSPS) is 20.4. The van der Waals surface area contributed by atoms with Crippen molar-refractivity contribution in [2.24, 2.45) is 0 Å². The van der Waals surface area contributed by atoms with Crippen LogP contribution in [0.5, 0.6) is 0 Å². The second-order valence-electron chi connectivity index (χ2n) is 8.47. The van der Waals surface area contributed by atoms with Crippen molar-refractivity contribution < 1.29 is 36.6 Å². The molecule has 2 aromatic rings. The molecule has 0 aliphatic carbocycles. The number of hydrogen-bond donors (Lipinski definition) is 3. The molecule has 0 bridgehead atoms. The molecule has 3 N–H and O–H groups in total. The summed E-state index contributed by atoms with van der Waals surface area (Å²) >= 11 is 0. The van der Waals surface area contributed by atoms with Crippen LogP contribution in [0.15, 0.2) is 58.3 Å². The first kappa shape index (κ1) is 31.0. The van der Waals surface area contributed by atoms with E-state index in [0.29, 0.717) is 43.1 Å². The Bertz CT molecular complexity index is 1210. The fraction of sp³-hybridized carbons (Fsp3) is 0.417.